The lowest BCUT2D eigenvalue weighted by atomic mass is 9.98. The van der Waals surface area contributed by atoms with Crippen molar-refractivity contribution in [2.75, 3.05) is 13.1 Å². The van der Waals surface area contributed by atoms with Crippen LogP contribution in [0.2, 0.25) is 0 Å². The molecule has 0 aliphatic heterocycles. The number of furan rings is 1. The third-order valence-electron chi connectivity index (χ3n) is 3.75. The molecular formula is C17H22N2O4. The highest BCUT2D eigenvalue weighted by Crippen LogP contribution is 2.32. The number of hydrogen-bond donors (Lipinski definition) is 3. The first kappa shape index (κ1) is 17.0. The van der Waals surface area contributed by atoms with Gasteiger partial charge in [0.05, 0.1) is 12.6 Å². The van der Waals surface area contributed by atoms with Crippen LogP contribution in [0.4, 0.5) is 0 Å². The van der Waals surface area contributed by atoms with Crippen molar-refractivity contribution < 1.29 is 19.1 Å². The Hall–Kier alpha value is -2.34. The minimum Gasteiger partial charge on any atom is -0.480 e. The zero-order valence-electron chi connectivity index (χ0n) is 13.6. The predicted octanol–water partition coefficient (Wildman–Crippen LogP) is 2.23. The molecule has 0 spiro atoms. The summed E-state index contributed by atoms with van der Waals surface area (Å²) >= 11 is 0. The van der Waals surface area contributed by atoms with Crippen LogP contribution in [0.5, 0.6) is 0 Å². The van der Waals surface area contributed by atoms with E-state index in [1.165, 1.54) is 0 Å². The molecule has 0 saturated carbocycles. The summed E-state index contributed by atoms with van der Waals surface area (Å²) in [5.74, 6) is -0.396. The van der Waals surface area contributed by atoms with E-state index >= 15 is 0 Å². The van der Waals surface area contributed by atoms with E-state index in [2.05, 4.69) is 10.6 Å². The second-order valence-corrected chi connectivity index (χ2v) is 5.86. The predicted molar refractivity (Wildman–Crippen MR) is 87.2 cm³/mol. The van der Waals surface area contributed by atoms with Crippen molar-refractivity contribution in [1.82, 2.24) is 10.6 Å². The van der Waals surface area contributed by atoms with E-state index in [0.717, 1.165) is 22.3 Å². The fourth-order valence-corrected chi connectivity index (χ4v) is 2.56. The molecule has 0 radical (unpaired) electrons. The fraction of sp³-hybridized carbons (Fsp3) is 0.412. The van der Waals surface area contributed by atoms with Gasteiger partial charge in [0.2, 0.25) is 5.91 Å². The number of aryl methyl sites for hydroxylation is 1. The first-order valence-electron chi connectivity index (χ1n) is 7.60. The van der Waals surface area contributed by atoms with E-state index in [4.69, 9.17) is 9.52 Å². The number of fused-ring (bicyclic) bond motifs is 1. The molecule has 1 unspecified atom stereocenters. The third kappa shape index (κ3) is 4.10. The van der Waals surface area contributed by atoms with Crippen molar-refractivity contribution in [2.45, 2.75) is 26.8 Å². The quantitative estimate of drug-likeness (QED) is 0.728. The van der Waals surface area contributed by atoms with Gasteiger partial charge in [-0.2, -0.15) is 0 Å². The Morgan fingerprint density at radius 2 is 1.91 bits per heavy atom. The number of carboxylic acids is 1. The lowest BCUT2D eigenvalue weighted by Crippen LogP contribution is -2.39. The molecule has 0 bridgehead atoms. The summed E-state index contributed by atoms with van der Waals surface area (Å²) in [5.41, 5.74) is 1.88. The van der Waals surface area contributed by atoms with Gasteiger partial charge in [-0.1, -0.05) is 32.0 Å². The van der Waals surface area contributed by atoms with Gasteiger partial charge >= 0.3 is 5.97 Å². The summed E-state index contributed by atoms with van der Waals surface area (Å²) in [4.78, 5) is 22.2. The Kier molecular flexibility index (Phi) is 5.39. The zero-order chi connectivity index (χ0) is 17.0. The van der Waals surface area contributed by atoms with Crippen molar-refractivity contribution in [2.24, 2.45) is 5.92 Å². The summed E-state index contributed by atoms with van der Waals surface area (Å²) in [6.45, 7) is 5.74. The normalized spacial score (nSPS) is 12.5. The number of carbonyl (C=O) groups excluding carboxylic acids is 1. The Bertz CT molecular complexity index is 706. The monoisotopic (exact) mass is 318 g/mol. The van der Waals surface area contributed by atoms with Crippen molar-refractivity contribution in [1.29, 1.82) is 0 Å². The van der Waals surface area contributed by atoms with Crippen LogP contribution in [0.25, 0.3) is 11.0 Å². The number of amides is 1. The van der Waals surface area contributed by atoms with Crippen LogP contribution in [-0.4, -0.2) is 30.1 Å². The lowest BCUT2D eigenvalue weighted by Gasteiger charge is -2.21. The standard InChI is InChI=1S/C17H22N2O4/c1-10(2)16(19-8-14(20)18-9-15(21)22)17-11(3)12-6-4-5-7-13(12)23-17/h4-7,10,16,19H,8-9H2,1-3H3,(H,18,20)(H,21,22). The number of hydrogen-bond acceptors (Lipinski definition) is 4. The van der Waals surface area contributed by atoms with Crippen molar-refractivity contribution in [3.8, 4) is 0 Å². The SMILES string of the molecule is Cc1c(C(NCC(=O)NCC(=O)O)C(C)C)oc2ccccc12. The van der Waals surface area contributed by atoms with E-state index < -0.39 is 5.97 Å². The summed E-state index contributed by atoms with van der Waals surface area (Å²) in [6, 6.07) is 7.69. The minimum absolute atomic E-state index is 0.0343. The van der Waals surface area contributed by atoms with Crippen LogP contribution in [-0.2, 0) is 9.59 Å². The van der Waals surface area contributed by atoms with Gasteiger partial charge in [-0.25, -0.2) is 0 Å². The highest BCUT2D eigenvalue weighted by atomic mass is 16.4. The molecule has 6 nitrogen and oxygen atoms in total. The summed E-state index contributed by atoms with van der Waals surface area (Å²) in [5, 5.41) is 15.1. The molecule has 3 N–H and O–H groups in total. The van der Waals surface area contributed by atoms with E-state index in [1.54, 1.807) is 0 Å². The van der Waals surface area contributed by atoms with E-state index in [0.29, 0.717) is 0 Å². The number of carboxylic acid groups (broad SMARTS) is 1. The smallest absolute Gasteiger partial charge is 0.322 e. The third-order valence-corrected chi connectivity index (χ3v) is 3.75. The number of carbonyl (C=O) groups is 2. The molecule has 0 saturated heterocycles. The Morgan fingerprint density at radius 1 is 1.22 bits per heavy atom. The lowest BCUT2D eigenvalue weighted by molar-refractivity contribution is -0.137. The molecule has 1 amide bonds. The molecule has 1 aromatic carbocycles. The van der Waals surface area contributed by atoms with Crippen LogP contribution in [0.3, 0.4) is 0 Å². The number of aliphatic carboxylic acids is 1. The van der Waals surface area contributed by atoms with Gasteiger partial charge in [-0.05, 0) is 24.5 Å². The van der Waals surface area contributed by atoms with Gasteiger partial charge in [-0.15, -0.1) is 0 Å². The molecule has 0 aliphatic rings. The molecule has 124 valence electrons. The Balaban J connectivity index is 2.13. The molecule has 23 heavy (non-hydrogen) atoms. The molecule has 0 fully saturated rings. The maximum absolute atomic E-state index is 11.7. The molecule has 2 rings (SSSR count). The average molecular weight is 318 g/mol. The van der Waals surface area contributed by atoms with E-state index in [-0.39, 0.29) is 31.0 Å². The molecule has 6 heteroatoms. The number of nitrogens with one attached hydrogen (secondary N) is 2. The Morgan fingerprint density at radius 3 is 2.52 bits per heavy atom. The van der Waals surface area contributed by atoms with E-state index in [9.17, 15) is 9.59 Å². The van der Waals surface area contributed by atoms with E-state index in [1.807, 2.05) is 45.0 Å². The van der Waals surface area contributed by atoms with Gasteiger partial charge in [0.15, 0.2) is 0 Å². The molecule has 1 atom stereocenters. The Labute approximate surface area is 134 Å². The molecule has 0 aliphatic carbocycles. The van der Waals surface area contributed by atoms with Gasteiger partial charge in [0, 0.05) is 5.39 Å². The highest BCUT2D eigenvalue weighted by Gasteiger charge is 2.23. The van der Waals surface area contributed by atoms with Crippen LogP contribution in [0.15, 0.2) is 28.7 Å². The maximum atomic E-state index is 11.7. The molecule has 2 aromatic rings. The van der Waals surface area contributed by atoms with Crippen LogP contribution >= 0.6 is 0 Å². The fourth-order valence-electron chi connectivity index (χ4n) is 2.56. The van der Waals surface area contributed by atoms with Crippen LogP contribution < -0.4 is 10.6 Å². The van der Waals surface area contributed by atoms with Crippen molar-refractivity contribution in [3.05, 3.63) is 35.6 Å². The molecule has 1 aromatic heterocycles. The number of benzene rings is 1. The largest absolute Gasteiger partial charge is 0.480 e. The van der Waals surface area contributed by atoms with Crippen LogP contribution in [0.1, 0.15) is 31.2 Å². The number of rotatable bonds is 7. The zero-order valence-corrected chi connectivity index (χ0v) is 13.6. The van der Waals surface area contributed by atoms with Crippen LogP contribution in [0, 0.1) is 12.8 Å². The van der Waals surface area contributed by atoms with Gasteiger partial charge in [0.1, 0.15) is 17.9 Å². The summed E-state index contributed by atoms with van der Waals surface area (Å²) in [6.07, 6.45) is 0. The molecule has 1 heterocycles. The molecular weight excluding hydrogens is 296 g/mol. The first-order chi connectivity index (χ1) is 10.9. The maximum Gasteiger partial charge on any atom is 0.322 e. The van der Waals surface area contributed by atoms with Gasteiger partial charge in [-0.3, -0.25) is 14.9 Å². The minimum atomic E-state index is -1.06. The van der Waals surface area contributed by atoms with Crippen molar-refractivity contribution in [3.63, 3.8) is 0 Å². The highest BCUT2D eigenvalue weighted by molar-refractivity contribution is 5.83. The summed E-state index contributed by atoms with van der Waals surface area (Å²) in [7, 11) is 0. The second-order valence-electron chi connectivity index (χ2n) is 5.86. The van der Waals surface area contributed by atoms with Gasteiger partial charge < -0.3 is 14.8 Å². The summed E-state index contributed by atoms with van der Waals surface area (Å²) < 4.78 is 5.96. The first-order valence-corrected chi connectivity index (χ1v) is 7.60. The topological polar surface area (TPSA) is 91.6 Å². The second kappa shape index (κ2) is 7.28. The number of para-hydroxylation sites is 1. The average Bonchev–Trinajstić information content (AvgIpc) is 2.83. The van der Waals surface area contributed by atoms with Gasteiger partial charge in [0.25, 0.3) is 0 Å². The van der Waals surface area contributed by atoms with Crippen molar-refractivity contribution >= 4 is 22.8 Å².